The number of amides is 1. The highest BCUT2D eigenvalue weighted by Crippen LogP contribution is 2.62. The lowest BCUT2D eigenvalue weighted by molar-refractivity contribution is 0.0732. The molecule has 5 atom stereocenters. The van der Waals surface area contributed by atoms with Crippen molar-refractivity contribution in [1.82, 2.24) is 20.2 Å². The van der Waals surface area contributed by atoms with E-state index < -0.39 is 0 Å². The van der Waals surface area contributed by atoms with Gasteiger partial charge in [-0.1, -0.05) is 52.0 Å². The number of rotatable bonds is 3. The zero-order valence-corrected chi connectivity index (χ0v) is 18.2. The number of hydrogen-bond donors (Lipinski definition) is 2. The van der Waals surface area contributed by atoms with Gasteiger partial charge in [-0.3, -0.25) is 4.79 Å². The Balaban J connectivity index is 1.47. The molecule has 4 aliphatic rings. The van der Waals surface area contributed by atoms with Gasteiger partial charge >= 0.3 is 0 Å². The Labute approximate surface area is 174 Å². The zero-order valence-electron chi connectivity index (χ0n) is 18.2. The predicted octanol–water partition coefficient (Wildman–Crippen LogP) is 3.78. The molecule has 5 heteroatoms. The van der Waals surface area contributed by atoms with E-state index in [0.29, 0.717) is 24.1 Å². The van der Waals surface area contributed by atoms with Crippen molar-refractivity contribution in [2.45, 2.75) is 72.0 Å². The van der Waals surface area contributed by atoms with Gasteiger partial charge in [-0.2, -0.15) is 0 Å². The molecule has 2 heterocycles. The highest BCUT2D eigenvalue weighted by molar-refractivity contribution is 5.94. The Morgan fingerprint density at radius 1 is 1.28 bits per heavy atom. The minimum absolute atomic E-state index is 0.0125. The van der Waals surface area contributed by atoms with E-state index >= 15 is 0 Å². The average molecular weight is 395 g/mol. The predicted molar refractivity (Wildman–Crippen MR) is 115 cm³/mol. The summed E-state index contributed by atoms with van der Waals surface area (Å²) in [6, 6.07) is 0.218. The third-order valence-electron chi connectivity index (χ3n) is 8.38. The highest BCUT2D eigenvalue weighted by Gasteiger charge is 2.59. The van der Waals surface area contributed by atoms with Crippen molar-refractivity contribution in [1.29, 1.82) is 0 Å². The number of fused-ring (bicyclic) bond motifs is 3. The summed E-state index contributed by atoms with van der Waals surface area (Å²) in [5, 5.41) is 6.90. The van der Waals surface area contributed by atoms with Crippen LogP contribution in [-0.2, 0) is 13.1 Å². The average Bonchev–Trinajstić information content (AvgIpc) is 3.33. The lowest BCUT2D eigenvalue weighted by atomic mass is 9.68. The molecule has 3 aliphatic carbocycles. The maximum absolute atomic E-state index is 13.5. The van der Waals surface area contributed by atoms with Gasteiger partial charge in [0, 0.05) is 31.6 Å². The summed E-state index contributed by atoms with van der Waals surface area (Å²) in [7, 11) is 0. The molecular weight excluding hydrogens is 360 g/mol. The van der Waals surface area contributed by atoms with Crippen LogP contribution in [0.2, 0.25) is 0 Å². The van der Waals surface area contributed by atoms with E-state index in [0.717, 1.165) is 24.6 Å². The molecule has 156 valence electrons. The van der Waals surface area contributed by atoms with Crippen molar-refractivity contribution in [3.63, 3.8) is 0 Å². The van der Waals surface area contributed by atoms with Gasteiger partial charge in [0.2, 0.25) is 0 Å². The number of hydrogen-bond acceptors (Lipinski definition) is 3. The van der Waals surface area contributed by atoms with Crippen LogP contribution in [0, 0.1) is 22.7 Å². The van der Waals surface area contributed by atoms with Gasteiger partial charge in [0.1, 0.15) is 5.82 Å². The molecule has 2 bridgehead atoms. The Kier molecular flexibility index (Phi) is 4.32. The Morgan fingerprint density at radius 2 is 2.07 bits per heavy atom. The summed E-state index contributed by atoms with van der Waals surface area (Å²) in [6.07, 6.45) is 12.4. The normalized spacial score (nSPS) is 37.0. The van der Waals surface area contributed by atoms with E-state index in [-0.39, 0.29) is 28.7 Å². The molecule has 2 fully saturated rings. The minimum atomic E-state index is 0.0125. The van der Waals surface area contributed by atoms with Crippen LogP contribution in [0.1, 0.15) is 74.9 Å². The van der Waals surface area contributed by atoms with Crippen molar-refractivity contribution in [3.05, 3.63) is 41.5 Å². The highest BCUT2D eigenvalue weighted by atomic mass is 16.2. The van der Waals surface area contributed by atoms with Crippen molar-refractivity contribution in [3.8, 4) is 0 Å². The molecule has 0 aromatic carbocycles. The van der Waals surface area contributed by atoms with Crippen LogP contribution in [0.15, 0.2) is 24.3 Å². The van der Waals surface area contributed by atoms with Gasteiger partial charge in [0.05, 0.1) is 5.69 Å². The van der Waals surface area contributed by atoms with E-state index in [4.69, 9.17) is 4.98 Å². The number of nitrogens with zero attached hydrogens (tertiary/aromatic N) is 2. The second-order valence-corrected chi connectivity index (χ2v) is 10.6. The fraction of sp³-hybridized carbons (Fsp3) is 0.667. The number of imidazole rings is 1. The summed E-state index contributed by atoms with van der Waals surface area (Å²) in [5.74, 6) is 2.39. The molecule has 1 aromatic rings. The largest absolute Gasteiger partial charge is 0.347 e. The number of carbonyl (C=O) groups excluding carboxylic acids is 1. The quantitative estimate of drug-likeness (QED) is 0.820. The number of aromatic nitrogens is 2. The second-order valence-electron chi connectivity index (χ2n) is 10.6. The van der Waals surface area contributed by atoms with Gasteiger partial charge in [-0.15, -0.1) is 0 Å². The summed E-state index contributed by atoms with van der Waals surface area (Å²) in [6.45, 7) is 11.8. The molecule has 5 rings (SSSR count). The molecule has 2 saturated carbocycles. The molecule has 0 radical (unpaired) electrons. The van der Waals surface area contributed by atoms with Gasteiger partial charge < -0.3 is 15.2 Å². The van der Waals surface area contributed by atoms with Crippen LogP contribution in [0.5, 0.6) is 0 Å². The first kappa shape index (κ1) is 19.1. The van der Waals surface area contributed by atoms with Gasteiger partial charge in [0.25, 0.3) is 5.91 Å². The molecule has 1 aromatic heterocycles. The van der Waals surface area contributed by atoms with Crippen LogP contribution < -0.4 is 10.6 Å². The van der Waals surface area contributed by atoms with Gasteiger partial charge in [0.15, 0.2) is 5.69 Å². The smallest absolute Gasteiger partial charge is 0.272 e. The molecular formula is C24H34N4O. The maximum Gasteiger partial charge on any atom is 0.272 e. The van der Waals surface area contributed by atoms with E-state index in [1.165, 1.54) is 19.3 Å². The van der Waals surface area contributed by atoms with Crippen LogP contribution in [0.4, 0.5) is 0 Å². The fourth-order valence-electron chi connectivity index (χ4n) is 6.67. The number of carbonyl (C=O) groups is 1. The van der Waals surface area contributed by atoms with Gasteiger partial charge in [-0.05, 0) is 41.9 Å². The SMILES string of the molecule is CC1C=CC=CC1c1nc(C(=O)NC2C3(C)CCC(C3)C2(C)C)c2n1CCNC2. The van der Waals surface area contributed by atoms with E-state index in [2.05, 4.69) is 67.2 Å². The molecule has 0 saturated heterocycles. The number of nitrogens with one attached hydrogen (secondary N) is 2. The maximum atomic E-state index is 13.5. The third kappa shape index (κ3) is 2.84. The van der Waals surface area contributed by atoms with Crippen LogP contribution in [-0.4, -0.2) is 28.0 Å². The summed E-state index contributed by atoms with van der Waals surface area (Å²) in [4.78, 5) is 18.5. The van der Waals surface area contributed by atoms with E-state index in [1.54, 1.807) is 0 Å². The first-order valence-electron chi connectivity index (χ1n) is 11.3. The Bertz CT molecular complexity index is 890. The molecule has 0 spiro atoms. The van der Waals surface area contributed by atoms with Crippen molar-refractivity contribution in [2.24, 2.45) is 22.7 Å². The molecule has 1 aliphatic heterocycles. The van der Waals surface area contributed by atoms with Crippen molar-refractivity contribution >= 4 is 5.91 Å². The minimum Gasteiger partial charge on any atom is -0.347 e. The Morgan fingerprint density at radius 3 is 2.79 bits per heavy atom. The number of allylic oxidation sites excluding steroid dienone is 4. The third-order valence-corrected chi connectivity index (χ3v) is 8.38. The molecule has 2 N–H and O–H groups in total. The molecule has 5 unspecified atom stereocenters. The Hall–Kier alpha value is -1.88. The monoisotopic (exact) mass is 394 g/mol. The standard InChI is InChI=1S/C24H34N4O/c1-15-7-5-6-8-17(15)20-26-19(18-14-25-11-12-28(18)20)21(29)27-22-23(2,3)16-9-10-24(22,4)13-16/h5-8,15-17,22,25H,9-14H2,1-4H3,(H,27,29). The van der Waals surface area contributed by atoms with Crippen LogP contribution in [0.3, 0.4) is 0 Å². The lowest BCUT2D eigenvalue weighted by Crippen LogP contribution is -2.52. The summed E-state index contributed by atoms with van der Waals surface area (Å²) < 4.78 is 2.30. The lowest BCUT2D eigenvalue weighted by Gasteiger charge is -2.43. The van der Waals surface area contributed by atoms with Gasteiger partial charge in [-0.25, -0.2) is 4.98 Å². The zero-order chi connectivity index (χ0) is 20.4. The fourth-order valence-corrected chi connectivity index (χ4v) is 6.67. The van der Waals surface area contributed by atoms with E-state index in [1.807, 2.05) is 0 Å². The molecule has 1 amide bonds. The topological polar surface area (TPSA) is 59.0 Å². The first-order chi connectivity index (χ1) is 13.8. The first-order valence-corrected chi connectivity index (χ1v) is 11.3. The second kappa shape index (κ2) is 6.56. The van der Waals surface area contributed by atoms with Crippen molar-refractivity contribution in [2.75, 3.05) is 6.54 Å². The van der Waals surface area contributed by atoms with Crippen molar-refractivity contribution < 1.29 is 4.79 Å². The van der Waals surface area contributed by atoms with E-state index in [9.17, 15) is 4.79 Å². The molecule has 5 nitrogen and oxygen atoms in total. The van der Waals surface area contributed by atoms with Crippen LogP contribution in [0.25, 0.3) is 0 Å². The van der Waals surface area contributed by atoms with Crippen LogP contribution >= 0.6 is 0 Å². The summed E-state index contributed by atoms with van der Waals surface area (Å²) in [5.41, 5.74) is 2.04. The summed E-state index contributed by atoms with van der Waals surface area (Å²) >= 11 is 0. The molecule has 29 heavy (non-hydrogen) atoms.